The molecule has 31 heavy (non-hydrogen) atoms. The first-order chi connectivity index (χ1) is 15.0. The Balaban J connectivity index is 2.17. The first kappa shape index (κ1) is 21.8. The van der Waals surface area contributed by atoms with Crippen molar-refractivity contribution in [3.05, 3.63) is 56.2 Å². The van der Waals surface area contributed by atoms with Gasteiger partial charge in [0.25, 0.3) is 5.56 Å². The number of carbonyl (C=O) groups is 1. The van der Waals surface area contributed by atoms with Crippen molar-refractivity contribution in [1.29, 1.82) is 0 Å². The number of benzene rings is 1. The van der Waals surface area contributed by atoms with Gasteiger partial charge < -0.3 is 9.67 Å². The van der Waals surface area contributed by atoms with Crippen LogP contribution in [0.4, 0.5) is 0 Å². The van der Waals surface area contributed by atoms with Gasteiger partial charge in [-0.25, -0.2) is 0 Å². The maximum Gasteiger partial charge on any atom is 0.311 e. The SMILES string of the molecule is CCCC(C(=O)O)c1c(-c2ccc(C)cc2)c2sc3c(c2n(CCC)c1=O)CCCC3. The average Bonchev–Trinajstić information content (AvgIpc) is 3.14. The predicted octanol–water partition coefficient (Wildman–Crippen LogP) is 6.30. The molecule has 0 fully saturated rings. The normalized spacial score (nSPS) is 14.5. The topological polar surface area (TPSA) is 59.3 Å². The van der Waals surface area contributed by atoms with Crippen molar-refractivity contribution in [2.75, 3.05) is 0 Å². The standard InChI is InChI=1S/C26H31NO3S/c1-4-8-19(26(29)30)22-21(17-13-11-16(3)12-14-17)24-23(27(15-5-2)25(22)28)18-9-6-7-10-20(18)31-24/h11-14,19H,4-10,15H2,1-3H3,(H,29,30). The summed E-state index contributed by atoms with van der Waals surface area (Å²) in [4.78, 5) is 27.7. The Labute approximate surface area is 187 Å². The molecule has 4 nitrogen and oxygen atoms in total. The fraction of sp³-hybridized carbons (Fsp3) is 0.462. The number of hydrogen-bond donors (Lipinski definition) is 1. The van der Waals surface area contributed by atoms with Crippen LogP contribution in [-0.2, 0) is 24.2 Å². The molecular formula is C26H31NO3S. The van der Waals surface area contributed by atoms with Gasteiger partial charge in [-0.05, 0) is 56.6 Å². The van der Waals surface area contributed by atoms with Gasteiger partial charge in [0.15, 0.2) is 0 Å². The molecular weight excluding hydrogens is 406 g/mol. The van der Waals surface area contributed by atoms with Gasteiger partial charge in [0.1, 0.15) is 0 Å². The van der Waals surface area contributed by atoms with E-state index in [1.54, 1.807) is 11.3 Å². The summed E-state index contributed by atoms with van der Waals surface area (Å²) in [5.74, 6) is -1.70. The van der Waals surface area contributed by atoms with Crippen molar-refractivity contribution in [3.8, 4) is 11.1 Å². The van der Waals surface area contributed by atoms with Crippen LogP contribution in [0.15, 0.2) is 29.1 Å². The van der Waals surface area contributed by atoms with E-state index in [4.69, 9.17) is 0 Å². The first-order valence-corrected chi connectivity index (χ1v) is 12.3. The lowest BCUT2D eigenvalue weighted by atomic mass is 9.87. The Morgan fingerprint density at radius 3 is 2.48 bits per heavy atom. The molecule has 2 heterocycles. The Hall–Kier alpha value is -2.40. The van der Waals surface area contributed by atoms with Gasteiger partial charge in [0, 0.05) is 22.5 Å². The van der Waals surface area contributed by atoms with Gasteiger partial charge in [-0.3, -0.25) is 9.59 Å². The molecule has 0 aliphatic heterocycles. The fourth-order valence-electron chi connectivity index (χ4n) is 4.93. The Morgan fingerprint density at radius 1 is 1.13 bits per heavy atom. The second kappa shape index (κ2) is 8.99. The maximum atomic E-state index is 13.9. The third kappa shape index (κ3) is 3.84. The smallest absolute Gasteiger partial charge is 0.311 e. The van der Waals surface area contributed by atoms with E-state index in [1.165, 1.54) is 16.9 Å². The van der Waals surface area contributed by atoms with Crippen molar-refractivity contribution in [1.82, 2.24) is 4.57 Å². The quantitative estimate of drug-likeness (QED) is 0.472. The first-order valence-electron chi connectivity index (χ1n) is 11.5. The number of hydrogen-bond acceptors (Lipinski definition) is 3. The summed E-state index contributed by atoms with van der Waals surface area (Å²) in [5.41, 5.74) is 5.69. The third-order valence-electron chi connectivity index (χ3n) is 6.40. The van der Waals surface area contributed by atoms with E-state index in [0.717, 1.165) is 59.0 Å². The summed E-state index contributed by atoms with van der Waals surface area (Å²) >= 11 is 1.78. The zero-order chi connectivity index (χ0) is 22.1. The molecule has 5 heteroatoms. The predicted molar refractivity (Wildman–Crippen MR) is 128 cm³/mol. The summed E-state index contributed by atoms with van der Waals surface area (Å²) in [7, 11) is 0. The van der Waals surface area contributed by atoms with E-state index >= 15 is 0 Å². The van der Waals surface area contributed by atoms with Crippen LogP contribution in [0.2, 0.25) is 0 Å². The molecule has 1 unspecified atom stereocenters. The zero-order valence-electron chi connectivity index (χ0n) is 18.7. The van der Waals surface area contributed by atoms with Crippen LogP contribution in [0.1, 0.15) is 73.4 Å². The van der Waals surface area contributed by atoms with Gasteiger partial charge in [-0.15, -0.1) is 11.3 Å². The van der Waals surface area contributed by atoms with Gasteiger partial charge in [-0.1, -0.05) is 50.1 Å². The lowest BCUT2D eigenvalue weighted by Gasteiger charge is -2.21. The molecule has 4 rings (SSSR count). The van der Waals surface area contributed by atoms with E-state index in [0.29, 0.717) is 18.5 Å². The number of fused-ring (bicyclic) bond motifs is 3. The second-order valence-corrected chi connectivity index (χ2v) is 9.78. The minimum atomic E-state index is -0.906. The van der Waals surface area contributed by atoms with Gasteiger partial charge in [0.2, 0.25) is 0 Å². The molecule has 0 amide bonds. The van der Waals surface area contributed by atoms with Crippen molar-refractivity contribution in [2.24, 2.45) is 0 Å². The molecule has 164 valence electrons. The highest BCUT2D eigenvalue weighted by molar-refractivity contribution is 7.19. The fourth-order valence-corrected chi connectivity index (χ4v) is 6.40. The van der Waals surface area contributed by atoms with Crippen LogP contribution in [0.5, 0.6) is 0 Å². The third-order valence-corrected chi connectivity index (χ3v) is 7.70. The Kier molecular flexibility index (Phi) is 6.33. The molecule has 1 aliphatic carbocycles. The molecule has 1 aromatic carbocycles. The molecule has 0 spiro atoms. The van der Waals surface area contributed by atoms with Crippen molar-refractivity contribution < 1.29 is 9.90 Å². The number of aryl methyl sites for hydroxylation is 4. The number of nitrogens with zero attached hydrogens (tertiary/aromatic N) is 1. The number of carboxylic acid groups (broad SMARTS) is 1. The van der Waals surface area contributed by atoms with E-state index in [9.17, 15) is 14.7 Å². The van der Waals surface area contributed by atoms with Crippen LogP contribution in [-0.4, -0.2) is 15.6 Å². The highest BCUT2D eigenvalue weighted by Crippen LogP contribution is 2.44. The highest BCUT2D eigenvalue weighted by Gasteiger charge is 2.31. The van der Waals surface area contributed by atoms with E-state index in [1.807, 2.05) is 42.7 Å². The summed E-state index contributed by atoms with van der Waals surface area (Å²) in [5, 5.41) is 10.1. The van der Waals surface area contributed by atoms with Crippen LogP contribution in [0, 0.1) is 6.92 Å². The highest BCUT2D eigenvalue weighted by atomic mass is 32.1. The van der Waals surface area contributed by atoms with Gasteiger partial charge in [0.05, 0.1) is 16.1 Å². The monoisotopic (exact) mass is 437 g/mol. The summed E-state index contributed by atoms with van der Waals surface area (Å²) in [6, 6.07) is 8.18. The van der Waals surface area contributed by atoms with Crippen LogP contribution < -0.4 is 5.56 Å². The minimum Gasteiger partial charge on any atom is -0.481 e. The average molecular weight is 438 g/mol. The zero-order valence-corrected chi connectivity index (χ0v) is 19.5. The van der Waals surface area contributed by atoms with Crippen LogP contribution in [0.25, 0.3) is 21.3 Å². The number of aliphatic carboxylic acids is 1. The summed E-state index contributed by atoms with van der Waals surface area (Å²) in [6.45, 7) is 6.72. The molecule has 1 N–H and O–H groups in total. The van der Waals surface area contributed by atoms with Gasteiger partial charge in [-0.2, -0.15) is 0 Å². The van der Waals surface area contributed by atoms with Gasteiger partial charge >= 0.3 is 5.97 Å². The Morgan fingerprint density at radius 2 is 1.84 bits per heavy atom. The summed E-state index contributed by atoms with van der Waals surface area (Å²) < 4.78 is 3.00. The maximum absolute atomic E-state index is 13.9. The largest absolute Gasteiger partial charge is 0.481 e. The lowest BCUT2D eigenvalue weighted by Crippen LogP contribution is -2.30. The van der Waals surface area contributed by atoms with Crippen molar-refractivity contribution >= 4 is 27.5 Å². The molecule has 2 aromatic heterocycles. The molecule has 1 aliphatic rings. The molecule has 3 aromatic rings. The molecule has 0 radical (unpaired) electrons. The number of carboxylic acids is 1. The summed E-state index contributed by atoms with van der Waals surface area (Å²) in [6.07, 6.45) is 6.40. The molecule has 1 atom stereocenters. The molecule has 0 saturated heterocycles. The van der Waals surface area contributed by atoms with E-state index in [-0.39, 0.29) is 5.56 Å². The number of thiophene rings is 1. The van der Waals surface area contributed by atoms with Crippen LogP contribution in [0.3, 0.4) is 0 Å². The van der Waals surface area contributed by atoms with Crippen molar-refractivity contribution in [3.63, 3.8) is 0 Å². The Bertz CT molecular complexity index is 1170. The molecule has 0 saturated carbocycles. The van der Waals surface area contributed by atoms with E-state index in [2.05, 4.69) is 6.92 Å². The van der Waals surface area contributed by atoms with Crippen LogP contribution >= 0.6 is 11.3 Å². The minimum absolute atomic E-state index is 0.114. The number of pyridine rings is 1. The molecule has 0 bridgehead atoms. The van der Waals surface area contributed by atoms with Crippen molar-refractivity contribution in [2.45, 2.75) is 78.2 Å². The second-order valence-electron chi connectivity index (χ2n) is 8.68. The lowest BCUT2D eigenvalue weighted by molar-refractivity contribution is -0.139. The number of aromatic nitrogens is 1. The number of rotatable bonds is 7. The van der Waals surface area contributed by atoms with E-state index < -0.39 is 11.9 Å².